The van der Waals surface area contributed by atoms with Crippen molar-refractivity contribution in [2.24, 2.45) is 0 Å². The number of benzene rings is 1. The standard InChI is InChI=1S/C22H22ClN3O/c1-2-3-8-21-25-22(23)20(15-27)26(21)14-16-9-11-17(12-10-16)19-7-5-4-6-18(19)13-24/h4-6,9-12,15,19H,2-3,7-8,14H2,1H3. The van der Waals surface area contributed by atoms with Gasteiger partial charge in [0.2, 0.25) is 0 Å². The number of allylic oxidation sites excluding steroid dienone is 4. The van der Waals surface area contributed by atoms with Gasteiger partial charge in [0.15, 0.2) is 11.4 Å². The van der Waals surface area contributed by atoms with Gasteiger partial charge in [-0.25, -0.2) is 4.98 Å². The Bertz CT molecular complexity index is 916. The van der Waals surface area contributed by atoms with Crippen LogP contribution in [0.15, 0.2) is 48.1 Å². The summed E-state index contributed by atoms with van der Waals surface area (Å²) in [5.74, 6) is 0.961. The number of hydrogen-bond acceptors (Lipinski definition) is 3. The van der Waals surface area contributed by atoms with Crippen LogP contribution in [0, 0.1) is 11.3 Å². The van der Waals surface area contributed by atoms with Crippen LogP contribution in [0.5, 0.6) is 0 Å². The molecule has 1 unspecified atom stereocenters. The number of carbonyl (C=O) groups is 1. The number of nitrogens with zero attached hydrogens (tertiary/aromatic N) is 3. The molecule has 0 radical (unpaired) electrons. The van der Waals surface area contributed by atoms with E-state index in [1.165, 1.54) is 0 Å². The Morgan fingerprint density at radius 3 is 2.81 bits per heavy atom. The molecule has 1 aliphatic carbocycles. The van der Waals surface area contributed by atoms with Gasteiger partial charge >= 0.3 is 0 Å². The second kappa shape index (κ2) is 8.83. The SMILES string of the molecule is CCCCc1nc(Cl)c(C=O)n1Cc1ccc(C2CC=CC=C2C#N)cc1. The van der Waals surface area contributed by atoms with Crippen LogP contribution in [0.25, 0.3) is 0 Å². The van der Waals surface area contributed by atoms with Crippen LogP contribution in [-0.2, 0) is 13.0 Å². The Balaban J connectivity index is 1.83. The maximum Gasteiger partial charge on any atom is 0.169 e. The molecule has 1 aromatic heterocycles. The van der Waals surface area contributed by atoms with E-state index >= 15 is 0 Å². The quantitative estimate of drug-likeness (QED) is 0.618. The Hall–Kier alpha value is -2.64. The van der Waals surface area contributed by atoms with E-state index in [1.807, 2.05) is 16.7 Å². The minimum atomic E-state index is 0.113. The smallest absolute Gasteiger partial charge is 0.169 e. The van der Waals surface area contributed by atoms with Gasteiger partial charge in [-0.05, 0) is 30.0 Å². The number of rotatable bonds is 7. The van der Waals surface area contributed by atoms with Crippen molar-refractivity contribution in [2.75, 3.05) is 0 Å². The van der Waals surface area contributed by atoms with E-state index in [0.29, 0.717) is 12.2 Å². The van der Waals surface area contributed by atoms with Crippen LogP contribution in [0.2, 0.25) is 5.15 Å². The van der Waals surface area contributed by atoms with E-state index in [4.69, 9.17) is 11.6 Å². The van der Waals surface area contributed by atoms with E-state index in [9.17, 15) is 10.1 Å². The van der Waals surface area contributed by atoms with E-state index in [1.54, 1.807) is 0 Å². The van der Waals surface area contributed by atoms with Gasteiger partial charge in [-0.15, -0.1) is 0 Å². The van der Waals surface area contributed by atoms with Crippen LogP contribution in [-0.4, -0.2) is 15.8 Å². The predicted octanol–water partition coefficient (Wildman–Crippen LogP) is 5.23. The average Bonchev–Trinajstić information content (AvgIpc) is 3.01. The molecule has 138 valence electrons. The molecule has 1 heterocycles. The highest BCUT2D eigenvalue weighted by Crippen LogP contribution is 2.31. The predicted molar refractivity (Wildman–Crippen MR) is 107 cm³/mol. The van der Waals surface area contributed by atoms with Gasteiger partial charge in [0, 0.05) is 24.5 Å². The molecule has 27 heavy (non-hydrogen) atoms. The van der Waals surface area contributed by atoms with E-state index in [-0.39, 0.29) is 11.1 Å². The highest BCUT2D eigenvalue weighted by atomic mass is 35.5. The lowest BCUT2D eigenvalue weighted by Gasteiger charge is -2.18. The Labute approximate surface area is 164 Å². The maximum atomic E-state index is 11.5. The number of aromatic nitrogens is 2. The highest BCUT2D eigenvalue weighted by Gasteiger charge is 2.18. The normalized spacial score (nSPS) is 16.0. The molecule has 3 rings (SSSR count). The molecule has 0 saturated heterocycles. The van der Waals surface area contributed by atoms with Gasteiger partial charge in [0.05, 0.1) is 6.07 Å². The number of nitriles is 1. The largest absolute Gasteiger partial charge is 0.320 e. The van der Waals surface area contributed by atoms with Crippen LogP contribution < -0.4 is 0 Å². The van der Waals surface area contributed by atoms with Crippen molar-refractivity contribution in [3.63, 3.8) is 0 Å². The summed E-state index contributed by atoms with van der Waals surface area (Å²) in [5.41, 5.74) is 3.42. The fourth-order valence-electron chi connectivity index (χ4n) is 3.39. The molecule has 0 fully saturated rings. The van der Waals surface area contributed by atoms with Crippen LogP contribution >= 0.6 is 11.6 Å². The summed E-state index contributed by atoms with van der Waals surface area (Å²) in [6, 6.07) is 10.5. The summed E-state index contributed by atoms with van der Waals surface area (Å²) < 4.78 is 1.91. The van der Waals surface area contributed by atoms with Crippen LogP contribution in [0.4, 0.5) is 0 Å². The number of carbonyl (C=O) groups excluding carboxylic acids is 1. The number of imidazole rings is 1. The first-order valence-electron chi connectivity index (χ1n) is 9.23. The average molecular weight is 380 g/mol. The molecular formula is C22H22ClN3O. The molecule has 1 aliphatic rings. The second-order valence-corrected chi connectivity index (χ2v) is 7.06. The van der Waals surface area contributed by atoms with E-state index < -0.39 is 0 Å². The molecule has 2 aromatic rings. The Kier molecular flexibility index (Phi) is 6.26. The van der Waals surface area contributed by atoms with Gasteiger partial charge in [0.1, 0.15) is 11.5 Å². The molecule has 0 aliphatic heterocycles. The first kappa shape index (κ1) is 19.1. The summed E-state index contributed by atoms with van der Waals surface area (Å²) in [7, 11) is 0. The molecule has 4 nitrogen and oxygen atoms in total. The van der Waals surface area contributed by atoms with Crippen molar-refractivity contribution in [1.29, 1.82) is 5.26 Å². The van der Waals surface area contributed by atoms with Gasteiger partial charge in [-0.2, -0.15) is 5.26 Å². The summed E-state index contributed by atoms with van der Waals surface area (Å²) in [6.07, 6.45) is 10.4. The van der Waals surface area contributed by atoms with Crippen LogP contribution in [0.3, 0.4) is 0 Å². The van der Waals surface area contributed by atoms with Crippen LogP contribution in [0.1, 0.15) is 59.5 Å². The fraction of sp³-hybridized carbons (Fsp3) is 0.318. The van der Waals surface area contributed by atoms with Crippen molar-refractivity contribution in [3.05, 3.63) is 75.9 Å². The zero-order chi connectivity index (χ0) is 19.2. The Morgan fingerprint density at radius 1 is 1.37 bits per heavy atom. The third kappa shape index (κ3) is 4.20. The van der Waals surface area contributed by atoms with Gasteiger partial charge in [0.25, 0.3) is 0 Å². The molecule has 0 saturated carbocycles. The molecule has 1 atom stereocenters. The Morgan fingerprint density at radius 2 is 2.15 bits per heavy atom. The van der Waals surface area contributed by atoms with E-state index in [2.05, 4.69) is 48.3 Å². The zero-order valence-corrected chi connectivity index (χ0v) is 16.1. The first-order chi connectivity index (χ1) is 13.2. The number of hydrogen-bond donors (Lipinski definition) is 0. The topological polar surface area (TPSA) is 58.7 Å². The van der Waals surface area contributed by atoms with Gasteiger partial charge in [-0.1, -0.05) is 61.4 Å². The van der Waals surface area contributed by atoms with Crippen molar-refractivity contribution < 1.29 is 4.79 Å². The highest BCUT2D eigenvalue weighted by molar-refractivity contribution is 6.31. The van der Waals surface area contributed by atoms with Crippen molar-refractivity contribution >= 4 is 17.9 Å². The monoisotopic (exact) mass is 379 g/mol. The van der Waals surface area contributed by atoms with Gasteiger partial charge < -0.3 is 4.57 Å². The fourth-order valence-corrected chi connectivity index (χ4v) is 3.64. The van der Waals surface area contributed by atoms with Crippen molar-refractivity contribution in [2.45, 2.75) is 45.1 Å². The summed E-state index contributed by atoms with van der Waals surface area (Å²) in [5, 5.41) is 9.59. The third-order valence-corrected chi connectivity index (χ3v) is 5.20. The number of aryl methyl sites for hydroxylation is 1. The lowest BCUT2D eigenvalue weighted by atomic mass is 9.86. The summed E-state index contributed by atoms with van der Waals surface area (Å²) >= 11 is 6.15. The second-order valence-electron chi connectivity index (χ2n) is 6.70. The van der Waals surface area contributed by atoms with Crippen molar-refractivity contribution in [1.82, 2.24) is 9.55 Å². The molecule has 0 spiro atoms. The summed E-state index contributed by atoms with van der Waals surface area (Å²) in [4.78, 5) is 15.8. The van der Waals surface area contributed by atoms with E-state index in [0.717, 1.165) is 54.5 Å². The maximum absolute atomic E-state index is 11.5. The molecule has 1 aromatic carbocycles. The minimum Gasteiger partial charge on any atom is -0.320 e. The molecule has 5 heteroatoms. The minimum absolute atomic E-state index is 0.113. The lowest BCUT2D eigenvalue weighted by molar-refractivity contribution is 0.111. The molecule has 0 amide bonds. The first-order valence-corrected chi connectivity index (χ1v) is 9.61. The number of unbranched alkanes of at least 4 members (excludes halogenated alkanes) is 1. The van der Waals surface area contributed by atoms with Gasteiger partial charge in [-0.3, -0.25) is 4.79 Å². The number of halogens is 1. The summed E-state index contributed by atoms with van der Waals surface area (Å²) in [6.45, 7) is 2.68. The lowest BCUT2D eigenvalue weighted by Crippen LogP contribution is -2.09. The molecule has 0 N–H and O–H groups in total. The molecule has 0 bridgehead atoms. The molecular weight excluding hydrogens is 358 g/mol. The zero-order valence-electron chi connectivity index (χ0n) is 15.4. The van der Waals surface area contributed by atoms with Crippen molar-refractivity contribution in [3.8, 4) is 6.07 Å². The number of aldehydes is 1. The third-order valence-electron chi connectivity index (χ3n) is 4.92.